The number of para-hydroxylation sites is 2. The van der Waals surface area contributed by atoms with E-state index < -0.39 is 0 Å². The maximum Gasteiger partial charge on any atom is 0.252 e. The molecule has 0 fully saturated rings. The molecule has 2 aromatic heterocycles. The molecule has 0 amide bonds. The van der Waals surface area contributed by atoms with Crippen molar-refractivity contribution in [3.8, 4) is 55.9 Å². The Hall–Kier alpha value is -15.0. The summed E-state index contributed by atoms with van der Waals surface area (Å²) in [5, 5.41) is 24.7. The van der Waals surface area contributed by atoms with Crippen molar-refractivity contribution < 1.29 is 0 Å². The summed E-state index contributed by atoms with van der Waals surface area (Å²) in [6.07, 6.45) is 0. The molecule has 0 aliphatic carbocycles. The Labute approximate surface area is 689 Å². The Balaban J connectivity index is 0.877. The van der Waals surface area contributed by atoms with Gasteiger partial charge in [-0.3, -0.25) is 0 Å². The highest BCUT2D eigenvalue weighted by Gasteiger charge is 2.47. The van der Waals surface area contributed by atoms with E-state index in [-0.39, 0.29) is 12.1 Å². The molecule has 554 valence electrons. The molecule has 21 aromatic carbocycles. The lowest BCUT2D eigenvalue weighted by molar-refractivity contribution is 0.590. The summed E-state index contributed by atoms with van der Waals surface area (Å²) in [5.74, 6) is 0. The molecule has 4 heterocycles. The number of rotatable bonds is 8. The summed E-state index contributed by atoms with van der Waals surface area (Å²) in [6.45, 7) is 6.91. The van der Waals surface area contributed by atoms with E-state index >= 15 is 0 Å². The molecule has 0 saturated carbocycles. The van der Waals surface area contributed by atoms with Gasteiger partial charge in [-0.05, 0) is 151 Å². The molecule has 0 spiro atoms. The maximum absolute atomic E-state index is 2.74. The number of benzene rings is 21. The van der Waals surface area contributed by atoms with Crippen LogP contribution >= 0.6 is 0 Å². The van der Waals surface area contributed by atoms with Gasteiger partial charge in [0, 0.05) is 99.5 Å². The maximum atomic E-state index is 2.74. The van der Waals surface area contributed by atoms with Gasteiger partial charge < -0.3 is 18.9 Å². The van der Waals surface area contributed by atoms with E-state index in [4.69, 9.17) is 0 Å². The van der Waals surface area contributed by atoms with Gasteiger partial charge in [-0.15, -0.1) is 0 Å². The van der Waals surface area contributed by atoms with E-state index in [0.717, 1.165) is 90.0 Å². The van der Waals surface area contributed by atoms with E-state index in [1.165, 1.54) is 152 Å². The van der Waals surface area contributed by atoms with Crippen LogP contribution in [0, 0.1) is 0 Å². The van der Waals surface area contributed by atoms with Crippen LogP contribution in [0.3, 0.4) is 0 Å². The van der Waals surface area contributed by atoms with Crippen LogP contribution in [0.1, 0.15) is 26.3 Å². The second-order valence-corrected chi connectivity index (χ2v) is 33.6. The van der Waals surface area contributed by atoms with Gasteiger partial charge >= 0.3 is 0 Å². The Bertz CT molecular complexity index is 7420. The van der Waals surface area contributed by atoms with Crippen LogP contribution in [0.5, 0.6) is 0 Å². The normalized spacial score (nSPS) is 12.8. The lowest BCUT2D eigenvalue weighted by atomic mass is 9.33. The van der Waals surface area contributed by atoms with E-state index in [1.807, 2.05) is 0 Å². The summed E-state index contributed by atoms with van der Waals surface area (Å²) in [5.41, 5.74) is 27.2. The van der Waals surface area contributed by atoms with Crippen molar-refractivity contribution in [1.29, 1.82) is 0 Å². The van der Waals surface area contributed by atoms with Crippen LogP contribution < -0.4 is 26.2 Å². The Morgan fingerprint density at radius 3 is 0.706 bits per heavy atom. The molecular weight excluding hydrogens is 1440 g/mol. The van der Waals surface area contributed by atoms with Crippen molar-refractivity contribution in [1.82, 2.24) is 9.13 Å². The molecule has 0 unspecified atom stereocenters. The topological polar surface area (TPSA) is 16.3 Å². The number of aromatic nitrogens is 2. The van der Waals surface area contributed by atoms with Gasteiger partial charge in [0.2, 0.25) is 0 Å². The molecule has 25 rings (SSSR count). The number of fused-ring (bicyclic) bond motifs is 30. The zero-order chi connectivity index (χ0) is 78.5. The molecule has 119 heavy (non-hydrogen) atoms. The molecule has 23 aromatic rings. The Morgan fingerprint density at radius 1 is 0.210 bits per heavy atom. The van der Waals surface area contributed by atoms with E-state index in [9.17, 15) is 0 Å². The molecule has 2 aliphatic heterocycles. The average molecular weight is 1510 g/mol. The van der Waals surface area contributed by atoms with Crippen molar-refractivity contribution in [2.45, 2.75) is 26.2 Å². The standard InChI is InChI=1S/C114H75BN4/c1-114(2,3)74-66-101-107-102(67-74)119(109-79(72-38-12-6-13-39-72)60-33-61-80(109)73-40-14-7-15-41-73)100-69-76(117-112-95-56-30-22-48-87(95)83-44-18-26-52-91(83)105(112)106-92-53-27-19-45-84(92)88-49-23-31-57-96(88)113(106)117)63-65-98(100)115(107)97-64-62-75(68-99(97)118(101)108-77(70-34-8-4-9-35-70)58-32-59-78(108)71-36-10-5-11-37-71)116-110-93-54-28-20-46-85(93)81-42-16-24-50-89(81)103(110)104-90-51-25-17-43-82(90)86-47-21-29-55-94(86)111(104)116/h4-69H,1-3H3. The number of hydrogen-bond donors (Lipinski definition) is 0. The fourth-order valence-electron chi connectivity index (χ4n) is 21.3. The third kappa shape index (κ3) is 9.70. The summed E-state index contributed by atoms with van der Waals surface area (Å²) in [7, 11) is 0. The second kappa shape index (κ2) is 25.7. The summed E-state index contributed by atoms with van der Waals surface area (Å²) in [6, 6.07) is 152. The highest BCUT2D eigenvalue weighted by Crippen LogP contribution is 2.57. The smallest absolute Gasteiger partial charge is 0.252 e. The van der Waals surface area contributed by atoms with Crippen LogP contribution in [-0.4, -0.2) is 15.8 Å². The average Bonchev–Trinajstić information content (AvgIpc) is 1.68. The number of hydrogen-bond acceptors (Lipinski definition) is 2. The van der Waals surface area contributed by atoms with Crippen LogP contribution in [0.2, 0.25) is 0 Å². The van der Waals surface area contributed by atoms with Crippen molar-refractivity contribution in [3.05, 3.63) is 406 Å². The first kappa shape index (κ1) is 67.3. The molecule has 2 aliphatic rings. The van der Waals surface area contributed by atoms with Crippen LogP contribution in [0.15, 0.2) is 400 Å². The zero-order valence-electron chi connectivity index (χ0n) is 66.0. The number of nitrogens with zero attached hydrogens (tertiary/aromatic N) is 4. The van der Waals surface area contributed by atoms with Crippen molar-refractivity contribution >= 4 is 187 Å². The molecule has 0 radical (unpaired) electrons. The van der Waals surface area contributed by atoms with E-state index in [1.54, 1.807) is 0 Å². The van der Waals surface area contributed by atoms with Gasteiger partial charge in [0.05, 0.1) is 33.4 Å². The first-order chi connectivity index (χ1) is 58.8. The van der Waals surface area contributed by atoms with Gasteiger partial charge in [0.25, 0.3) is 6.71 Å². The largest absolute Gasteiger partial charge is 0.310 e. The Morgan fingerprint density at radius 2 is 0.445 bits per heavy atom. The third-order valence-corrected chi connectivity index (χ3v) is 26.3. The van der Waals surface area contributed by atoms with Crippen LogP contribution in [-0.2, 0) is 5.41 Å². The molecule has 0 N–H and O–H groups in total. The van der Waals surface area contributed by atoms with E-state index in [2.05, 4.69) is 440 Å². The fourth-order valence-corrected chi connectivity index (χ4v) is 21.3. The monoisotopic (exact) mass is 1510 g/mol. The van der Waals surface area contributed by atoms with Crippen molar-refractivity contribution in [3.63, 3.8) is 0 Å². The van der Waals surface area contributed by atoms with Gasteiger partial charge in [-0.25, -0.2) is 0 Å². The predicted octanol–water partition coefficient (Wildman–Crippen LogP) is 29.2. The minimum Gasteiger partial charge on any atom is -0.310 e. The first-order valence-electron chi connectivity index (χ1n) is 41.7. The van der Waals surface area contributed by atoms with Crippen LogP contribution in [0.25, 0.3) is 186 Å². The minimum atomic E-state index is -0.377. The van der Waals surface area contributed by atoms with Gasteiger partial charge in [0.15, 0.2) is 0 Å². The molecule has 0 saturated heterocycles. The molecule has 0 bridgehead atoms. The fraction of sp³-hybridized carbons (Fsp3) is 0.0351. The number of anilines is 6. The highest BCUT2D eigenvalue weighted by atomic mass is 15.2. The summed E-state index contributed by atoms with van der Waals surface area (Å²) < 4.78 is 5.36. The van der Waals surface area contributed by atoms with Gasteiger partial charge in [-0.1, -0.05) is 385 Å². The lowest BCUT2D eigenvalue weighted by Crippen LogP contribution is -2.61. The SMILES string of the molecule is CC(C)(C)c1cc2c3c(c1)N(c1c(-c4ccccc4)cccc1-c1ccccc1)c1cc(-n4c5c6ccccc6c6ccccc6c5c5c6ccccc6c6ccccc6c54)ccc1B3c1ccc(-n3c4c5ccccc5c5ccccc5c4c4c5ccccc5c5ccccc5c43)cc1N2c1c(-c2ccccc2)cccc1-c1ccccc1. The molecule has 5 heteroatoms. The quantitative estimate of drug-likeness (QED) is 0.111. The Kier molecular flexibility index (Phi) is 14.6. The summed E-state index contributed by atoms with van der Waals surface area (Å²) >= 11 is 0. The first-order valence-corrected chi connectivity index (χ1v) is 41.7. The lowest BCUT2D eigenvalue weighted by Gasteiger charge is -2.46. The van der Waals surface area contributed by atoms with E-state index in [0.29, 0.717) is 0 Å². The third-order valence-electron chi connectivity index (χ3n) is 26.3. The van der Waals surface area contributed by atoms with Crippen LogP contribution in [0.4, 0.5) is 34.1 Å². The molecule has 0 atom stereocenters. The molecular formula is C114H75BN4. The highest BCUT2D eigenvalue weighted by molar-refractivity contribution is 7.00. The second-order valence-electron chi connectivity index (χ2n) is 33.6. The van der Waals surface area contributed by atoms with Gasteiger partial charge in [-0.2, -0.15) is 0 Å². The molecule has 4 nitrogen and oxygen atoms in total. The minimum absolute atomic E-state index is 0.317. The van der Waals surface area contributed by atoms with Crippen molar-refractivity contribution in [2.75, 3.05) is 9.80 Å². The van der Waals surface area contributed by atoms with Crippen molar-refractivity contribution in [2.24, 2.45) is 0 Å². The summed E-state index contributed by atoms with van der Waals surface area (Å²) in [4.78, 5) is 5.48. The zero-order valence-corrected chi connectivity index (χ0v) is 66.0. The van der Waals surface area contributed by atoms with Gasteiger partial charge in [0.1, 0.15) is 0 Å². The predicted molar refractivity (Wildman–Crippen MR) is 510 cm³/mol.